The normalized spacial score (nSPS) is 24.7. The van der Waals surface area contributed by atoms with Gasteiger partial charge in [0.25, 0.3) is 0 Å². The summed E-state index contributed by atoms with van der Waals surface area (Å²) in [4.78, 5) is 19.6. The van der Waals surface area contributed by atoms with Gasteiger partial charge in [0.15, 0.2) is 5.43 Å². The summed E-state index contributed by atoms with van der Waals surface area (Å²) in [5.41, 5.74) is 4.73. The quantitative estimate of drug-likeness (QED) is 0.555. The summed E-state index contributed by atoms with van der Waals surface area (Å²) in [6.45, 7) is 11.5. The molecule has 2 bridgehead atoms. The Balaban J connectivity index is 1.42. The van der Waals surface area contributed by atoms with E-state index in [1.165, 1.54) is 19.3 Å². The fourth-order valence-corrected chi connectivity index (χ4v) is 6.42. The maximum absolute atomic E-state index is 13.6. The van der Waals surface area contributed by atoms with Crippen LogP contribution in [0.4, 0.5) is 0 Å². The van der Waals surface area contributed by atoms with Crippen molar-refractivity contribution in [3.8, 4) is 5.75 Å². The van der Waals surface area contributed by atoms with Gasteiger partial charge < -0.3 is 9.72 Å². The smallest absolute Gasteiger partial charge is 0.194 e. The van der Waals surface area contributed by atoms with Gasteiger partial charge >= 0.3 is 0 Å². The first kappa shape index (κ1) is 21.3. The van der Waals surface area contributed by atoms with Crippen LogP contribution in [0.1, 0.15) is 56.9 Å². The molecule has 2 atom stereocenters. The number of hydrogen-bond donors (Lipinski definition) is 1. The number of benzene rings is 2. The Bertz CT molecular complexity index is 1200. The Kier molecular flexibility index (Phi) is 5.16. The van der Waals surface area contributed by atoms with Gasteiger partial charge in [-0.2, -0.15) is 0 Å². The summed E-state index contributed by atoms with van der Waals surface area (Å²) in [7, 11) is 0. The molecule has 1 saturated heterocycles. The number of likely N-dealkylation sites (tertiary alicyclic amines) is 1. The van der Waals surface area contributed by atoms with Gasteiger partial charge in [-0.05, 0) is 60.8 Å². The van der Waals surface area contributed by atoms with Crippen molar-refractivity contribution in [2.45, 2.75) is 66.2 Å². The van der Waals surface area contributed by atoms with Crippen LogP contribution in [0.15, 0.2) is 53.3 Å². The molecule has 3 aromatic rings. The molecule has 1 aliphatic carbocycles. The highest BCUT2D eigenvalue weighted by molar-refractivity contribution is 5.81. The molecule has 1 saturated carbocycles. The molecule has 4 nitrogen and oxygen atoms in total. The van der Waals surface area contributed by atoms with Crippen molar-refractivity contribution in [3.63, 3.8) is 0 Å². The molecule has 168 valence electrons. The van der Waals surface area contributed by atoms with Gasteiger partial charge in [0.2, 0.25) is 0 Å². The molecule has 0 unspecified atom stereocenters. The van der Waals surface area contributed by atoms with Gasteiger partial charge in [0, 0.05) is 41.3 Å². The summed E-state index contributed by atoms with van der Waals surface area (Å²) in [6, 6.07) is 16.5. The van der Waals surface area contributed by atoms with Crippen molar-refractivity contribution in [3.05, 3.63) is 75.6 Å². The molecule has 2 aromatic carbocycles. The van der Waals surface area contributed by atoms with Crippen LogP contribution in [-0.2, 0) is 13.2 Å². The van der Waals surface area contributed by atoms with Gasteiger partial charge in [0.1, 0.15) is 12.4 Å². The summed E-state index contributed by atoms with van der Waals surface area (Å²) in [5, 5.41) is 0.713. The lowest BCUT2D eigenvalue weighted by molar-refractivity contribution is 0.126. The SMILES string of the molecule is Cc1[nH]c2ccc(OCc3ccccc3)cc2c(=O)c1CN1C[C@]2(C)C[C@@H]1CC(C)(C)C2. The zero-order valence-electron chi connectivity index (χ0n) is 19.7. The number of fused-ring (bicyclic) bond motifs is 3. The molecule has 2 fully saturated rings. The number of nitrogens with one attached hydrogen (secondary N) is 1. The standard InChI is InChI=1S/C28H34N2O2/c1-19-24(15-30-18-28(4)14-21(30)13-27(2,3)17-28)26(31)23-12-22(10-11-25(23)29-19)32-16-20-8-6-5-7-9-20/h5-12,21H,13-18H2,1-4H3,(H,29,31)/t21-,28+/m0/s1. The Morgan fingerprint density at radius 2 is 1.88 bits per heavy atom. The highest BCUT2D eigenvalue weighted by Gasteiger charge is 2.49. The van der Waals surface area contributed by atoms with E-state index in [1.807, 2.05) is 55.5 Å². The topological polar surface area (TPSA) is 45.3 Å². The zero-order chi connectivity index (χ0) is 22.5. The highest BCUT2D eigenvalue weighted by atomic mass is 16.5. The monoisotopic (exact) mass is 430 g/mol. The number of aryl methyl sites for hydroxylation is 1. The molecule has 0 radical (unpaired) electrons. The van der Waals surface area contributed by atoms with E-state index in [4.69, 9.17) is 4.74 Å². The molecule has 2 aliphatic rings. The summed E-state index contributed by atoms with van der Waals surface area (Å²) in [5.74, 6) is 0.730. The van der Waals surface area contributed by atoms with Crippen LogP contribution in [0.25, 0.3) is 10.9 Å². The van der Waals surface area contributed by atoms with Crippen molar-refractivity contribution < 1.29 is 4.74 Å². The first-order valence-corrected chi connectivity index (χ1v) is 11.8. The van der Waals surface area contributed by atoms with Crippen LogP contribution >= 0.6 is 0 Å². The second-order valence-corrected chi connectivity index (χ2v) is 11.2. The third-order valence-corrected chi connectivity index (χ3v) is 7.42. The molecule has 1 aromatic heterocycles. The van der Waals surface area contributed by atoms with Crippen molar-refractivity contribution in [1.29, 1.82) is 0 Å². The molecule has 0 spiro atoms. The average Bonchev–Trinajstić information content (AvgIpc) is 2.98. The van der Waals surface area contributed by atoms with E-state index < -0.39 is 0 Å². The molecule has 5 rings (SSSR count). The first-order valence-electron chi connectivity index (χ1n) is 11.8. The number of aromatic nitrogens is 1. The fraction of sp³-hybridized carbons (Fsp3) is 0.464. The van der Waals surface area contributed by atoms with E-state index in [-0.39, 0.29) is 5.43 Å². The minimum Gasteiger partial charge on any atom is -0.489 e. The lowest BCUT2D eigenvalue weighted by atomic mass is 9.65. The van der Waals surface area contributed by atoms with Gasteiger partial charge in [-0.1, -0.05) is 51.1 Å². The molecule has 32 heavy (non-hydrogen) atoms. The van der Waals surface area contributed by atoms with E-state index in [9.17, 15) is 4.79 Å². The van der Waals surface area contributed by atoms with E-state index >= 15 is 0 Å². The van der Waals surface area contributed by atoms with Crippen molar-refractivity contribution in [1.82, 2.24) is 9.88 Å². The Morgan fingerprint density at radius 3 is 2.66 bits per heavy atom. The molecule has 2 heterocycles. The minimum atomic E-state index is 0.132. The second-order valence-electron chi connectivity index (χ2n) is 11.2. The first-order chi connectivity index (χ1) is 15.2. The van der Waals surface area contributed by atoms with Gasteiger partial charge in [-0.25, -0.2) is 0 Å². The number of aromatic amines is 1. The maximum Gasteiger partial charge on any atom is 0.194 e. The number of pyridine rings is 1. The average molecular weight is 431 g/mol. The lowest BCUT2D eigenvalue weighted by Crippen LogP contribution is -2.35. The summed E-state index contributed by atoms with van der Waals surface area (Å²) >= 11 is 0. The lowest BCUT2D eigenvalue weighted by Gasteiger charge is -2.40. The molecule has 1 N–H and O–H groups in total. The molecule has 0 amide bonds. The van der Waals surface area contributed by atoms with Gasteiger partial charge in [-0.3, -0.25) is 9.69 Å². The third kappa shape index (κ3) is 4.09. The second kappa shape index (κ2) is 7.77. The van der Waals surface area contributed by atoms with Gasteiger partial charge in [0.05, 0.1) is 0 Å². The molecule has 1 aliphatic heterocycles. The van der Waals surface area contributed by atoms with E-state index in [0.717, 1.165) is 41.2 Å². The van der Waals surface area contributed by atoms with Crippen LogP contribution in [-0.4, -0.2) is 22.5 Å². The van der Waals surface area contributed by atoms with Crippen LogP contribution in [0.2, 0.25) is 0 Å². The van der Waals surface area contributed by atoms with Crippen molar-refractivity contribution >= 4 is 10.9 Å². The number of H-pyrrole nitrogens is 1. The number of rotatable bonds is 5. The number of hydrogen-bond acceptors (Lipinski definition) is 3. The van der Waals surface area contributed by atoms with E-state index in [2.05, 4.69) is 30.7 Å². The Hall–Kier alpha value is -2.59. The largest absolute Gasteiger partial charge is 0.489 e. The van der Waals surface area contributed by atoms with Crippen LogP contribution < -0.4 is 10.2 Å². The maximum atomic E-state index is 13.6. The van der Waals surface area contributed by atoms with Crippen LogP contribution in [0.3, 0.4) is 0 Å². The molecular formula is C28H34N2O2. The number of nitrogens with zero attached hydrogens (tertiary/aromatic N) is 1. The summed E-state index contributed by atoms with van der Waals surface area (Å²) in [6.07, 6.45) is 3.73. The van der Waals surface area contributed by atoms with Gasteiger partial charge in [-0.15, -0.1) is 0 Å². The number of ether oxygens (including phenoxy) is 1. The predicted molar refractivity (Wildman–Crippen MR) is 130 cm³/mol. The molecular weight excluding hydrogens is 396 g/mol. The highest BCUT2D eigenvalue weighted by Crippen LogP contribution is 2.52. The zero-order valence-corrected chi connectivity index (χ0v) is 19.7. The fourth-order valence-electron chi connectivity index (χ4n) is 6.42. The van der Waals surface area contributed by atoms with Crippen molar-refractivity contribution in [2.24, 2.45) is 10.8 Å². The van der Waals surface area contributed by atoms with Crippen LogP contribution in [0.5, 0.6) is 5.75 Å². The van der Waals surface area contributed by atoms with Crippen molar-refractivity contribution in [2.75, 3.05) is 6.54 Å². The minimum absolute atomic E-state index is 0.132. The Morgan fingerprint density at radius 1 is 1.09 bits per heavy atom. The summed E-state index contributed by atoms with van der Waals surface area (Å²) < 4.78 is 5.99. The van der Waals surface area contributed by atoms with E-state index in [0.29, 0.717) is 28.9 Å². The Labute approximate surface area is 190 Å². The predicted octanol–water partition coefficient (Wildman–Crippen LogP) is 5.82. The van der Waals surface area contributed by atoms with E-state index in [1.54, 1.807) is 0 Å². The molecule has 4 heteroatoms. The third-order valence-electron chi connectivity index (χ3n) is 7.42. The van der Waals surface area contributed by atoms with Crippen LogP contribution in [0, 0.1) is 17.8 Å².